The van der Waals surface area contributed by atoms with Gasteiger partial charge in [0.15, 0.2) is 0 Å². The highest BCUT2D eigenvalue weighted by Gasteiger charge is 2.08. The molecule has 2 aromatic heterocycles. The molecule has 108 valence electrons. The maximum atomic E-state index is 11.9. The molecule has 8 heteroatoms. The molecule has 1 N–H and O–H groups in total. The van der Waals surface area contributed by atoms with Crippen LogP contribution in [-0.2, 0) is 17.6 Å². The number of nitrogens with zero attached hydrogens (tertiary/aromatic N) is 4. The Hall–Kier alpha value is -1.99. The number of carbonyl (C=O) groups excluding carboxylic acids is 1. The zero-order valence-corrected chi connectivity index (χ0v) is 12.6. The van der Waals surface area contributed by atoms with Crippen LogP contribution in [0.25, 0.3) is 4.96 Å². The molecule has 0 bridgehead atoms. The Bertz CT molecular complexity index is 740. The Morgan fingerprint density at radius 1 is 1.38 bits per heavy atom. The quantitative estimate of drug-likeness (QED) is 0.777. The molecule has 0 atom stereocenters. The second-order valence-corrected chi connectivity index (χ2v) is 5.87. The molecule has 6 nitrogen and oxygen atoms in total. The van der Waals surface area contributed by atoms with E-state index in [9.17, 15) is 4.79 Å². The van der Waals surface area contributed by atoms with Crippen LogP contribution in [0.15, 0.2) is 30.6 Å². The second kappa shape index (κ2) is 6.19. The summed E-state index contributed by atoms with van der Waals surface area (Å²) in [6.45, 7) is 0.535. The number of rotatable bonds is 5. The zero-order valence-electron chi connectivity index (χ0n) is 11.0. The van der Waals surface area contributed by atoms with E-state index in [1.165, 1.54) is 11.3 Å². The fourth-order valence-corrected chi connectivity index (χ4v) is 2.90. The molecule has 21 heavy (non-hydrogen) atoms. The Kier molecular flexibility index (Phi) is 4.12. The largest absolute Gasteiger partial charge is 0.355 e. The number of halogens is 1. The third-order valence-electron chi connectivity index (χ3n) is 2.90. The summed E-state index contributed by atoms with van der Waals surface area (Å²) in [6, 6.07) is 7.35. The fraction of sp³-hybridized carbons (Fsp3) is 0.231. The number of carbonyl (C=O) groups is 1. The smallest absolute Gasteiger partial charge is 0.234 e. The van der Waals surface area contributed by atoms with Gasteiger partial charge in [-0.3, -0.25) is 4.79 Å². The van der Waals surface area contributed by atoms with E-state index in [1.54, 1.807) is 16.9 Å². The van der Waals surface area contributed by atoms with E-state index >= 15 is 0 Å². The summed E-state index contributed by atoms with van der Waals surface area (Å²) in [4.78, 5) is 12.6. The van der Waals surface area contributed by atoms with Gasteiger partial charge in [0.2, 0.25) is 10.9 Å². The molecule has 0 saturated heterocycles. The minimum atomic E-state index is -0.0499. The van der Waals surface area contributed by atoms with Gasteiger partial charge in [-0.15, -0.1) is 10.2 Å². The molecule has 0 radical (unpaired) electrons. The highest BCUT2D eigenvalue weighted by Crippen LogP contribution is 2.15. The van der Waals surface area contributed by atoms with Crippen LogP contribution in [0.2, 0.25) is 5.02 Å². The lowest BCUT2D eigenvalue weighted by atomic mass is 10.1. The minimum absolute atomic E-state index is 0.0499. The van der Waals surface area contributed by atoms with Gasteiger partial charge in [-0.2, -0.15) is 9.61 Å². The van der Waals surface area contributed by atoms with E-state index in [2.05, 4.69) is 20.6 Å². The Balaban J connectivity index is 1.50. The van der Waals surface area contributed by atoms with E-state index in [1.807, 2.05) is 18.2 Å². The van der Waals surface area contributed by atoms with Crippen LogP contribution in [-0.4, -0.2) is 32.3 Å². The number of aromatic nitrogens is 4. The van der Waals surface area contributed by atoms with Gasteiger partial charge in [0.25, 0.3) is 0 Å². The first kappa shape index (κ1) is 14.0. The van der Waals surface area contributed by atoms with Gasteiger partial charge in [-0.25, -0.2) is 0 Å². The van der Waals surface area contributed by atoms with Crippen molar-refractivity contribution in [3.8, 4) is 0 Å². The normalized spacial score (nSPS) is 10.9. The summed E-state index contributed by atoms with van der Waals surface area (Å²) in [5.74, 6) is -0.0499. The monoisotopic (exact) mass is 321 g/mol. The highest BCUT2D eigenvalue weighted by molar-refractivity contribution is 7.16. The van der Waals surface area contributed by atoms with Crippen molar-refractivity contribution in [2.45, 2.75) is 12.8 Å². The Morgan fingerprint density at radius 3 is 3.05 bits per heavy atom. The molecule has 1 amide bonds. The van der Waals surface area contributed by atoms with Gasteiger partial charge in [-0.1, -0.05) is 41.1 Å². The van der Waals surface area contributed by atoms with Crippen molar-refractivity contribution in [3.63, 3.8) is 0 Å². The van der Waals surface area contributed by atoms with Gasteiger partial charge in [0.05, 0.1) is 6.42 Å². The van der Waals surface area contributed by atoms with Crippen LogP contribution in [0.5, 0.6) is 0 Å². The van der Waals surface area contributed by atoms with E-state index in [0.29, 0.717) is 18.0 Å². The number of hydrogen-bond acceptors (Lipinski definition) is 5. The van der Waals surface area contributed by atoms with Crippen LogP contribution in [0.4, 0.5) is 0 Å². The molecule has 3 rings (SSSR count). The van der Waals surface area contributed by atoms with Gasteiger partial charge < -0.3 is 5.32 Å². The molecule has 2 heterocycles. The zero-order chi connectivity index (χ0) is 14.7. The third kappa shape index (κ3) is 3.37. The van der Waals surface area contributed by atoms with Gasteiger partial charge >= 0.3 is 0 Å². The first-order chi connectivity index (χ1) is 10.2. The van der Waals surface area contributed by atoms with Gasteiger partial charge in [0, 0.05) is 18.0 Å². The van der Waals surface area contributed by atoms with E-state index in [4.69, 9.17) is 11.6 Å². The van der Waals surface area contributed by atoms with E-state index < -0.39 is 0 Å². The molecule has 0 aliphatic rings. The van der Waals surface area contributed by atoms with E-state index in [0.717, 1.165) is 15.5 Å². The Morgan fingerprint density at radius 2 is 2.24 bits per heavy atom. The first-order valence-electron chi connectivity index (χ1n) is 6.38. The lowest BCUT2D eigenvalue weighted by Crippen LogP contribution is -2.27. The number of amides is 1. The van der Waals surface area contributed by atoms with Crippen LogP contribution in [0.1, 0.15) is 10.6 Å². The van der Waals surface area contributed by atoms with Gasteiger partial charge in [-0.05, 0) is 11.6 Å². The lowest BCUT2D eigenvalue weighted by Gasteiger charge is -2.05. The molecule has 1 aromatic carbocycles. The van der Waals surface area contributed by atoms with Crippen molar-refractivity contribution in [2.75, 3.05) is 6.54 Å². The van der Waals surface area contributed by atoms with Crippen molar-refractivity contribution in [2.24, 2.45) is 0 Å². The predicted octanol–water partition coefficient (Wildman–Crippen LogP) is 1.74. The minimum Gasteiger partial charge on any atom is -0.355 e. The summed E-state index contributed by atoms with van der Waals surface area (Å²) in [6.07, 6.45) is 2.51. The summed E-state index contributed by atoms with van der Waals surface area (Å²) in [5.41, 5.74) is 0.829. The van der Waals surface area contributed by atoms with Crippen LogP contribution in [0, 0.1) is 0 Å². The highest BCUT2D eigenvalue weighted by atomic mass is 35.5. The van der Waals surface area contributed by atoms with Crippen molar-refractivity contribution in [1.29, 1.82) is 0 Å². The maximum absolute atomic E-state index is 11.9. The van der Waals surface area contributed by atoms with E-state index in [-0.39, 0.29) is 12.3 Å². The summed E-state index contributed by atoms with van der Waals surface area (Å²) >= 11 is 7.49. The average Bonchev–Trinajstić information content (AvgIpc) is 3.02. The second-order valence-electron chi connectivity index (χ2n) is 4.42. The van der Waals surface area contributed by atoms with Crippen molar-refractivity contribution < 1.29 is 4.79 Å². The number of fused-ring (bicyclic) bond motifs is 1. The molecule has 0 aliphatic heterocycles. The molecular formula is C13H12ClN5OS. The maximum Gasteiger partial charge on any atom is 0.234 e. The number of nitrogens with one attached hydrogen (secondary N) is 1. The molecule has 0 spiro atoms. The van der Waals surface area contributed by atoms with Gasteiger partial charge in [0.1, 0.15) is 11.3 Å². The molecular weight excluding hydrogens is 310 g/mol. The molecule has 3 aromatic rings. The average molecular weight is 322 g/mol. The van der Waals surface area contributed by atoms with Crippen LogP contribution >= 0.6 is 22.9 Å². The standard InChI is InChI=1S/C13H12ClN5OS/c14-10-4-2-1-3-9(10)7-11(20)15-6-5-12-18-19-8-16-17-13(19)21-12/h1-4,8H,5-7H2,(H,15,20). The topological polar surface area (TPSA) is 72.2 Å². The lowest BCUT2D eigenvalue weighted by molar-refractivity contribution is -0.120. The summed E-state index contributed by atoms with van der Waals surface area (Å²) < 4.78 is 1.63. The third-order valence-corrected chi connectivity index (χ3v) is 4.24. The van der Waals surface area contributed by atoms with Crippen LogP contribution in [0.3, 0.4) is 0 Å². The number of hydrogen-bond donors (Lipinski definition) is 1. The Labute approximate surface area is 129 Å². The molecule has 0 aliphatic carbocycles. The van der Waals surface area contributed by atoms with Crippen LogP contribution < -0.4 is 5.32 Å². The predicted molar refractivity (Wildman–Crippen MR) is 80.5 cm³/mol. The fourth-order valence-electron chi connectivity index (χ4n) is 1.89. The molecule has 0 fully saturated rings. The van der Waals surface area contributed by atoms with Crippen molar-refractivity contribution >= 4 is 33.8 Å². The summed E-state index contributed by atoms with van der Waals surface area (Å²) in [5, 5.41) is 16.4. The SMILES string of the molecule is O=C(Cc1ccccc1Cl)NCCc1nn2cnnc2s1. The van der Waals surface area contributed by atoms with Crippen molar-refractivity contribution in [1.82, 2.24) is 25.1 Å². The number of benzene rings is 1. The summed E-state index contributed by atoms with van der Waals surface area (Å²) in [7, 11) is 0. The first-order valence-corrected chi connectivity index (χ1v) is 7.57. The molecule has 0 saturated carbocycles. The molecule has 0 unspecified atom stereocenters. The van der Waals surface area contributed by atoms with Crippen molar-refractivity contribution in [3.05, 3.63) is 46.2 Å².